The van der Waals surface area contributed by atoms with E-state index in [0.717, 1.165) is 24.4 Å². The Kier molecular flexibility index (Phi) is 7.14. The number of hydrogen-bond acceptors (Lipinski definition) is 8. The molecule has 4 rings (SSSR count). The van der Waals surface area contributed by atoms with E-state index in [2.05, 4.69) is 35.6 Å². The largest absolute Gasteiger partial charge is 0.433 e. The van der Waals surface area contributed by atoms with Crippen LogP contribution in [0.3, 0.4) is 0 Å². The number of halogens is 6. The van der Waals surface area contributed by atoms with Crippen molar-refractivity contribution in [1.82, 2.24) is 29.8 Å². The molecule has 0 saturated carbocycles. The van der Waals surface area contributed by atoms with Gasteiger partial charge >= 0.3 is 12.4 Å². The standard InChI is InChI=1S/C22H20F6N8O/c1-12(37)36-9-6-13(7-10-36)30-19-33-18(15-3-2-4-16(32-15)21(23,24)25)34-20(35-19)31-14-5-8-29-17(11-14)22(26,27)28/h2-5,8,11,13H,6-7,9-10H2,1H3,(H2,29,30,31,33,34,35). The van der Waals surface area contributed by atoms with E-state index in [4.69, 9.17) is 0 Å². The number of amides is 1. The number of alkyl halides is 6. The number of likely N-dealkylation sites (tertiary alicyclic amines) is 1. The van der Waals surface area contributed by atoms with Crippen LogP contribution in [0.2, 0.25) is 0 Å². The summed E-state index contributed by atoms with van der Waals surface area (Å²) in [5, 5.41) is 5.70. The number of piperidine rings is 1. The van der Waals surface area contributed by atoms with Crippen molar-refractivity contribution in [3.8, 4) is 11.5 Å². The van der Waals surface area contributed by atoms with E-state index in [-0.39, 0.29) is 41.1 Å². The van der Waals surface area contributed by atoms with Gasteiger partial charge in [-0.15, -0.1) is 0 Å². The van der Waals surface area contributed by atoms with Gasteiger partial charge in [0.2, 0.25) is 17.8 Å². The Morgan fingerprint density at radius 3 is 2.24 bits per heavy atom. The van der Waals surface area contributed by atoms with Crippen molar-refractivity contribution in [3.05, 3.63) is 47.9 Å². The lowest BCUT2D eigenvalue weighted by atomic mass is 10.1. The molecule has 3 aromatic heterocycles. The van der Waals surface area contributed by atoms with Crippen LogP contribution in [0.25, 0.3) is 11.5 Å². The fourth-order valence-corrected chi connectivity index (χ4v) is 3.64. The molecule has 0 atom stereocenters. The van der Waals surface area contributed by atoms with Crippen LogP contribution in [0.4, 0.5) is 43.9 Å². The van der Waals surface area contributed by atoms with Gasteiger partial charge in [0.15, 0.2) is 5.82 Å². The van der Waals surface area contributed by atoms with E-state index in [0.29, 0.717) is 25.9 Å². The zero-order valence-electron chi connectivity index (χ0n) is 19.2. The third-order valence-corrected chi connectivity index (χ3v) is 5.48. The molecule has 0 aliphatic carbocycles. The molecule has 2 N–H and O–H groups in total. The van der Waals surface area contributed by atoms with Gasteiger partial charge in [-0.3, -0.25) is 9.78 Å². The summed E-state index contributed by atoms with van der Waals surface area (Å²) in [5.74, 6) is -0.513. The van der Waals surface area contributed by atoms with E-state index >= 15 is 0 Å². The van der Waals surface area contributed by atoms with Crippen LogP contribution in [0, 0.1) is 0 Å². The second kappa shape index (κ2) is 10.1. The molecule has 1 aliphatic heterocycles. The Hall–Kier alpha value is -4.04. The number of pyridine rings is 2. The maximum Gasteiger partial charge on any atom is 0.433 e. The fraction of sp³-hybridized carbons (Fsp3) is 0.364. The number of carbonyl (C=O) groups excluding carboxylic acids is 1. The third kappa shape index (κ3) is 6.59. The molecule has 15 heteroatoms. The highest BCUT2D eigenvalue weighted by Crippen LogP contribution is 2.31. The van der Waals surface area contributed by atoms with Crippen molar-refractivity contribution in [2.24, 2.45) is 0 Å². The first-order valence-electron chi connectivity index (χ1n) is 11.0. The normalized spacial score (nSPS) is 14.9. The average molecular weight is 526 g/mol. The predicted molar refractivity (Wildman–Crippen MR) is 119 cm³/mol. The number of rotatable bonds is 5. The van der Waals surface area contributed by atoms with E-state index in [9.17, 15) is 31.1 Å². The van der Waals surface area contributed by atoms with Crippen LogP contribution in [-0.4, -0.2) is 54.9 Å². The van der Waals surface area contributed by atoms with E-state index in [1.165, 1.54) is 19.1 Å². The summed E-state index contributed by atoms with van der Waals surface area (Å²) in [7, 11) is 0. The highest BCUT2D eigenvalue weighted by molar-refractivity contribution is 5.73. The summed E-state index contributed by atoms with van der Waals surface area (Å²) >= 11 is 0. The van der Waals surface area contributed by atoms with Gasteiger partial charge in [0, 0.05) is 37.9 Å². The summed E-state index contributed by atoms with van der Waals surface area (Å²) in [6, 6.07) is 5.05. The minimum Gasteiger partial charge on any atom is -0.351 e. The van der Waals surface area contributed by atoms with Gasteiger partial charge in [0.05, 0.1) is 0 Å². The predicted octanol–water partition coefficient (Wildman–Crippen LogP) is 4.53. The van der Waals surface area contributed by atoms with Crippen molar-refractivity contribution in [1.29, 1.82) is 0 Å². The van der Waals surface area contributed by atoms with Crippen molar-refractivity contribution >= 4 is 23.5 Å². The lowest BCUT2D eigenvalue weighted by molar-refractivity contribution is -0.141. The highest BCUT2D eigenvalue weighted by atomic mass is 19.4. The van der Waals surface area contributed by atoms with Crippen molar-refractivity contribution in [2.45, 2.75) is 38.2 Å². The first-order chi connectivity index (χ1) is 17.4. The molecule has 1 fully saturated rings. The molecule has 3 aromatic rings. The van der Waals surface area contributed by atoms with Crippen LogP contribution in [-0.2, 0) is 17.1 Å². The van der Waals surface area contributed by atoms with E-state index in [1.807, 2.05) is 0 Å². The fourth-order valence-electron chi connectivity index (χ4n) is 3.64. The topological polar surface area (TPSA) is 109 Å². The monoisotopic (exact) mass is 526 g/mol. The third-order valence-electron chi connectivity index (χ3n) is 5.48. The Morgan fingerprint density at radius 1 is 0.919 bits per heavy atom. The summed E-state index contributed by atoms with van der Waals surface area (Å²) in [5.41, 5.74) is -2.56. The van der Waals surface area contributed by atoms with E-state index < -0.39 is 23.7 Å². The molecule has 37 heavy (non-hydrogen) atoms. The van der Waals surface area contributed by atoms with Crippen LogP contribution in [0.1, 0.15) is 31.2 Å². The Bertz CT molecular complexity index is 1270. The molecule has 4 heterocycles. The number of nitrogens with zero attached hydrogens (tertiary/aromatic N) is 6. The molecule has 0 spiro atoms. The summed E-state index contributed by atoms with van der Waals surface area (Å²) in [6.07, 6.45) is -7.33. The SMILES string of the molecule is CC(=O)N1CCC(Nc2nc(Nc3ccnc(C(F)(F)F)c3)nc(-c3cccc(C(F)(F)F)n3)n2)CC1. The molecule has 1 aliphatic rings. The maximum atomic E-state index is 13.2. The van der Waals surface area contributed by atoms with Crippen LogP contribution in [0.5, 0.6) is 0 Å². The molecule has 1 saturated heterocycles. The number of anilines is 3. The zero-order valence-corrected chi connectivity index (χ0v) is 19.2. The Labute approximate surface area is 206 Å². The molecular weight excluding hydrogens is 506 g/mol. The molecule has 0 bridgehead atoms. The number of nitrogens with one attached hydrogen (secondary N) is 2. The van der Waals surface area contributed by atoms with E-state index in [1.54, 1.807) is 4.90 Å². The average Bonchev–Trinajstić information content (AvgIpc) is 2.83. The molecular formula is C22H20F6N8O. The van der Waals surface area contributed by atoms with Crippen LogP contribution >= 0.6 is 0 Å². The molecule has 196 valence electrons. The van der Waals surface area contributed by atoms with Crippen molar-refractivity contribution in [2.75, 3.05) is 23.7 Å². The number of aromatic nitrogens is 5. The van der Waals surface area contributed by atoms with Crippen molar-refractivity contribution < 1.29 is 31.1 Å². The Balaban J connectivity index is 1.67. The lowest BCUT2D eigenvalue weighted by Gasteiger charge is -2.31. The highest BCUT2D eigenvalue weighted by Gasteiger charge is 2.33. The molecule has 0 unspecified atom stereocenters. The second-order valence-corrected chi connectivity index (χ2v) is 8.19. The molecule has 0 radical (unpaired) electrons. The number of carbonyl (C=O) groups is 1. The zero-order chi connectivity index (χ0) is 26.8. The summed E-state index contributed by atoms with van der Waals surface area (Å²) in [6.45, 7) is 2.44. The van der Waals surface area contributed by atoms with Gasteiger partial charge in [0.25, 0.3) is 0 Å². The van der Waals surface area contributed by atoms with Gasteiger partial charge in [0.1, 0.15) is 17.1 Å². The summed E-state index contributed by atoms with van der Waals surface area (Å²) < 4.78 is 78.8. The first kappa shape index (κ1) is 26.0. The van der Waals surface area contributed by atoms with Crippen LogP contribution < -0.4 is 10.6 Å². The lowest BCUT2D eigenvalue weighted by Crippen LogP contribution is -2.41. The minimum atomic E-state index is -4.71. The van der Waals surface area contributed by atoms with Gasteiger partial charge in [-0.25, -0.2) is 4.98 Å². The van der Waals surface area contributed by atoms with Gasteiger partial charge in [-0.1, -0.05) is 6.07 Å². The quantitative estimate of drug-likeness (QED) is 0.467. The number of hydrogen-bond donors (Lipinski definition) is 2. The minimum absolute atomic E-state index is 0.0157. The maximum absolute atomic E-state index is 13.2. The molecule has 1 amide bonds. The second-order valence-electron chi connectivity index (χ2n) is 8.19. The first-order valence-corrected chi connectivity index (χ1v) is 11.0. The molecule has 9 nitrogen and oxygen atoms in total. The van der Waals surface area contributed by atoms with Gasteiger partial charge < -0.3 is 15.5 Å². The van der Waals surface area contributed by atoms with Gasteiger partial charge in [-0.2, -0.15) is 41.3 Å². The van der Waals surface area contributed by atoms with Crippen molar-refractivity contribution in [3.63, 3.8) is 0 Å². The smallest absolute Gasteiger partial charge is 0.351 e. The summed E-state index contributed by atoms with van der Waals surface area (Å²) in [4.78, 5) is 32.6. The Morgan fingerprint density at radius 2 is 1.59 bits per heavy atom. The molecule has 0 aromatic carbocycles. The van der Waals surface area contributed by atoms with Crippen LogP contribution in [0.15, 0.2) is 36.5 Å². The van der Waals surface area contributed by atoms with Gasteiger partial charge in [-0.05, 0) is 37.1 Å².